The van der Waals surface area contributed by atoms with E-state index in [0.29, 0.717) is 35.4 Å². The third kappa shape index (κ3) is 4.06. The normalized spacial score (nSPS) is 10.9. The van der Waals surface area contributed by atoms with Crippen molar-refractivity contribution >= 4 is 11.4 Å². The minimum Gasteiger partial charge on any atom is -0.489 e. The Hall–Kier alpha value is -3.54. The highest BCUT2D eigenvalue weighted by Crippen LogP contribution is 2.17. The van der Waals surface area contributed by atoms with Gasteiger partial charge in [0, 0.05) is 23.7 Å². The van der Waals surface area contributed by atoms with E-state index in [1.54, 1.807) is 41.0 Å². The van der Waals surface area contributed by atoms with Gasteiger partial charge in [-0.05, 0) is 42.3 Å². The van der Waals surface area contributed by atoms with Crippen LogP contribution in [0.4, 0.5) is 4.39 Å². The highest BCUT2D eigenvalue weighted by molar-refractivity contribution is 5.96. The summed E-state index contributed by atoms with van der Waals surface area (Å²) in [5.41, 5.74) is 2.84. The number of aromatic nitrogens is 3. The van der Waals surface area contributed by atoms with E-state index in [0.717, 1.165) is 5.56 Å². The maximum atomic E-state index is 13.6. The number of ketones is 1. The second kappa shape index (κ2) is 8.00. The minimum absolute atomic E-state index is 0.0605. The van der Waals surface area contributed by atoms with Crippen molar-refractivity contribution in [1.82, 2.24) is 14.6 Å². The van der Waals surface area contributed by atoms with E-state index >= 15 is 0 Å². The first-order valence-corrected chi connectivity index (χ1v) is 8.97. The Balaban J connectivity index is 1.32. The van der Waals surface area contributed by atoms with E-state index in [1.165, 1.54) is 12.4 Å². The predicted octanol–water partition coefficient (Wildman–Crippen LogP) is 4.26. The zero-order valence-corrected chi connectivity index (χ0v) is 15.1. The summed E-state index contributed by atoms with van der Waals surface area (Å²) >= 11 is 0. The molecule has 6 heteroatoms. The summed E-state index contributed by atoms with van der Waals surface area (Å²) in [5, 5.41) is 4.02. The number of Topliss-reactive ketones (excluding diaryl/α,β-unsaturated/α-hetero) is 1. The van der Waals surface area contributed by atoms with Gasteiger partial charge in [-0.3, -0.25) is 4.79 Å². The van der Waals surface area contributed by atoms with Crippen molar-refractivity contribution in [2.75, 3.05) is 0 Å². The first-order chi connectivity index (χ1) is 13.7. The quantitative estimate of drug-likeness (QED) is 0.453. The average molecular weight is 375 g/mol. The lowest BCUT2D eigenvalue weighted by atomic mass is 10.0. The van der Waals surface area contributed by atoms with Gasteiger partial charge in [-0.15, -0.1) is 0 Å². The second-order valence-corrected chi connectivity index (χ2v) is 6.43. The van der Waals surface area contributed by atoms with E-state index < -0.39 is 0 Å². The van der Waals surface area contributed by atoms with Gasteiger partial charge in [-0.2, -0.15) is 5.10 Å². The Bertz CT molecular complexity index is 1110. The molecule has 0 fully saturated rings. The number of nitrogens with zero attached hydrogens (tertiary/aromatic N) is 3. The van der Waals surface area contributed by atoms with Crippen LogP contribution in [-0.4, -0.2) is 20.4 Å². The highest BCUT2D eigenvalue weighted by atomic mass is 19.1. The van der Waals surface area contributed by atoms with Gasteiger partial charge in [-0.1, -0.05) is 30.3 Å². The maximum Gasteiger partial charge on any atom is 0.163 e. The topological polar surface area (TPSA) is 56.5 Å². The van der Waals surface area contributed by atoms with E-state index in [1.807, 2.05) is 24.3 Å². The highest BCUT2D eigenvalue weighted by Gasteiger charge is 2.08. The smallest absolute Gasteiger partial charge is 0.163 e. The van der Waals surface area contributed by atoms with Crippen molar-refractivity contribution in [3.8, 4) is 5.75 Å². The number of fused-ring (bicyclic) bond motifs is 1. The summed E-state index contributed by atoms with van der Waals surface area (Å²) in [7, 11) is 0. The lowest BCUT2D eigenvalue weighted by molar-refractivity contribution is 0.0983. The molecule has 2 heterocycles. The number of hydrogen-bond donors (Lipinski definition) is 0. The Labute approximate surface area is 161 Å². The van der Waals surface area contributed by atoms with E-state index in [-0.39, 0.29) is 18.2 Å². The van der Waals surface area contributed by atoms with Gasteiger partial charge in [0.25, 0.3) is 0 Å². The minimum atomic E-state index is -0.276. The first-order valence-electron chi connectivity index (χ1n) is 8.97. The summed E-state index contributed by atoms with van der Waals surface area (Å²) in [4.78, 5) is 16.5. The number of carbonyl (C=O) groups is 1. The molecular weight excluding hydrogens is 357 g/mol. The van der Waals surface area contributed by atoms with Crippen LogP contribution < -0.4 is 4.74 Å². The zero-order valence-electron chi connectivity index (χ0n) is 15.1. The number of rotatable bonds is 7. The molecule has 140 valence electrons. The van der Waals surface area contributed by atoms with Gasteiger partial charge in [-0.25, -0.2) is 13.9 Å². The van der Waals surface area contributed by atoms with Gasteiger partial charge in [0.05, 0.1) is 0 Å². The molecule has 2 aromatic carbocycles. The Morgan fingerprint density at radius 2 is 1.89 bits per heavy atom. The molecule has 0 N–H and O–H groups in total. The molecule has 0 aliphatic rings. The molecule has 0 aliphatic carbocycles. The summed E-state index contributed by atoms with van der Waals surface area (Å²) in [6.45, 7) is 0.176. The molecule has 0 amide bonds. The molecule has 4 rings (SSSR count). The van der Waals surface area contributed by atoms with Gasteiger partial charge >= 0.3 is 0 Å². The van der Waals surface area contributed by atoms with E-state index in [2.05, 4.69) is 10.1 Å². The van der Waals surface area contributed by atoms with Gasteiger partial charge < -0.3 is 4.74 Å². The van der Waals surface area contributed by atoms with Crippen LogP contribution in [-0.2, 0) is 13.0 Å². The molecule has 0 aliphatic heterocycles. The van der Waals surface area contributed by atoms with E-state index in [9.17, 15) is 9.18 Å². The van der Waals surface area contributed by atoms with Crippen molar-refractivity contribution in [3.63, 3.8) is 0 Å². The third-order valence-corrected chi connectivity index (χ3v) is 4.52. The fourth-order valence-electron chi connectivity index (χ4n) is 2.92. The molecule has 28 heavy (non-hydrogen) atoms. The van der Waals surface area contributed by atoms with Crippen molar-refractivity contribution in [1.29, 1.82) is 0 Å². The molecule has 0 radical (unpaired) electrons. The van der Waals surface area contributed by atoms with Crippen LogP contribution >= 0.6 is 0 Å². The van der Waals surface area contributed by atoms with Crippen molar-refractivity contribution in [2.24, 2.45) is 0 Å². The lowest BCUT2D eigenvalue weighted by Gasteiger charge is -2.08. The standard InChI is InChI=1S/C22H18FN3O2/c23-20-4-2-1-3-18(20)14-28-19-8-5-16(6-9-19)7-10-21(27)17-11-12-26-22(13-17)24-15-25-26/h1-6,8-9,11-13,15H,7,10,14H2. The monoisotopic (exact) mass is 375 g/mol. The van der Waals surface area contributed by atoms with E-state index in [4.69, 9.17) is 4.74 Å². The second-order valence-electron chi connectivity index (χ2n) is 6.43. The number of carbonyl (C=O) groups excluding carboxylic acids is 1. The average Bonchev–Trinajstić information content (AvgIpc) is 3.20. The summed E-state index contributed by atoms with van der Waals surface area (Å²) in [6, 6.07) is 17.6. The Morgan fingerprint density at radius 3 is 2.71 bits per heavy atom. The summed E-state index contributed by atoms with van der Waals surface area (Å²) in [5.74, 6) is 0.447. The number of hydrogen-bond acceptors (Lipinski definition) is 4. The molecule has 5 nitrogen and oxygen atoms in total. The molecule has 4 aromatic rings. The van der Waals surface area contributed by atoms with Crippen LogP contribution in [0.2, 0.25) is 0 Å². The summed E-state index contributed by atoms with van der Waals surface area (Å²) < 4.78 is 20.9. The van der Waals surface area contributed by atoms with Gasteiger partial charge in [0.15, 0.2) is 11.4 Å². The van der Waals surface area contributed by atoms with Crippen molar-refractivity contribution < 1.29 is 13.9 Å². The number of ether oxygens (including phenoxy) is 1. The SMILES string of the molecule is O=C(CCc1ccc(OCc2ccccc2F)cc1)c1ccn2ncnc2c1. The fourth-order valence-corrected chi connectivity index (χ4v) is 2.92. The molecular formula is C22H18FN3O2. The molecule has 2 aromatic heterocycles. The van der Waals surface area contributed by atoms with Crippen molar-refractivity contribution in [2.45, 2.75) is 19.4 Å². The Morgan fingerprint density at radius 1 is 1.07 bits per heavy atom. The van der Waals surface area contributed by atoms with Crippen LogP contribution in [0.1, 0.15) is 27.9 Å². The lowest BCUT2D eigenvalue weighted by Crippen LogP contribution is -2.03. The Kier molecular flexibility index (Phi) is 5.10. The zero-order chi connectivity index (χ0) is 19.3. The maximum absolute atomic E-state index is 13.6. The van der Waals surface area contributed by atoms with Crippen LogP contribution in [0.3, 0.4) is 0 Å². The molecule has 0 unspecified atom stereocenters. The van der Waals surface area contributed by atoms with Crippen LogP contribution in [0.15, 0.2) is 73.2 Å². The van der Waals surface area contributed by atoms with Gasteiger partial charge in [0.1, 0.15) is 24.5 Å². The molecule has 0 spiro atoms. The number of pyridine rings is 1. The number of benzene rings is 2. The third-order valence-electron chi connectivity index (χ3n) is 4.52. The van der Waals surface area contributed by atoms with Crippen LogP contribution in [0, 0.1) is 5.82 Å². The molecule has 0 atom stereocenters. The molecule has 0 saturated carbocycles. The predicted molar refractivity (Wildman–Crippen MR) is 103 cm³/mol. The molecule has 0 bridgehead atoms. The van der Waals surface area contributed by atoms with Crippen LogP contribution in [0.5, 0.6) is 5.75 Å². The van der Waals surface area contributed by atoms with Gasteiger partial charge in [0.2, 0.25) is 0 Å². The fraction of sp³-hybridized carbons (Fsp3) is 0.136. The largest absolute Gasteiger partial charge is 0.489 e. The number of halogens is 1. The summed E-state index contributed by atoms with van der Waals surface area (Å²) in [6.07, 6.45) is 4.22. The number of aryl methyl sites for hydroxylation is 1. The van der Waals surface area contributed by atoms with Crippen molar-refractivity contribution in [3.05, 3.63) is 95.7 Å². The molecule has 0 saturated heterocycles. The first kappa shape index (κ1) is 17.9. The van der Waals surface area contributed by atoms with Crippen LogP contribution in [0.25, 0.3) is 5.65 Å².